The summed E-state index contributed by atoms with van der Waals surface area (Å²) < 4.78 is 0. The third kappa shape index (κ3) is 4.50. The van der Waals surface area contributed by atoms with Gasteiger partial charge in [-0.1, -0.05) is 13.3 Å². The van der Waals surface area contributed by atoms with Gasteiger partial charge in [-0.3, -0.25) is 4.98 Å². The zero-order valence-electron chi connectivity index (χ0n) is 12.1. The molecule has 0 spiro atoms. The molecule has 0 atom stereocenters. The quantitative estimate of drug-likeness (QED) is 0.758. The lowest BCUT2D eigenvalue weighted by Crippen LogP contribution is -2.08. The fourth-order valence-electron chi connectivity index (χ4n) is 1.81. The predicted octanol–water partition coefficient (Wildman–Crippen LogP) is 3.00. The third-order valence-corrected chi connectivity index (χ3v) is 2.89. The number of aryl methyl sites for hydroxylation is 1. The molecule has 0 unspecified atom stereocenters. The van der Waals surface area contributed by atoms with Crippen molar-refractivity contribution < 1.29 is 0 Å². The smallest absolute Gasteiger partial charge is 0.225 e. The summed E-state index contributed by atoms with van der Waals surface area (Å²) in [6, 6.07) is 5.92. The predicted molar refractivity (Wildman–Crippen MR) is 81.7 cm³/mol. The van der Waals surface area contributed by atoms with Crippen LogP contribution in [0.2, 0.25) is 0 Å². The van der Waals surface area contributed by atoms with Gasteiger partial charge in [0.25, 0.3) is 0 Å². The number of aromatic nitrogens is 3. The van der Waals surface area contributed by atoms with E-state index >= 15 is 0 Å². The number of nitrogens with one attached hydrogen (secondary N) is 2. The third-order valence-electron chi connectivity index (χ3n) is 2.89. The van der Waals surface area contributed by atoms with Gasteiger partial charge in [-0.25, -0.2) is 4.98 Å². The van der Waals surface area contributed by atoms with Crippen LogP contribution in [0.1, 0.15) is 31.0 Å². The van der Waals surface area contributed by atoms with Crippen molar-refractivity contribution in [3.8, 4) is 0 Å². The lowest BCUT2D eigenvalue weighted by Gasteiger charge is -2.09. The summed E-state index contributed by atoms with van der Waals surface area (Å²) in [6.45, 7) is 5.79. The van der Waals surface area contributed by atoms with Crippen LogP contribution in [0.3, 0.4) is 0 Å². The highest BCUT2D eigenvalue weighted by atomic mass is 15.1. The Kier molecular flexibility index (Phi) is 5.29. The van der Waals surface area contributed by atoms with Gasteiger partial charge in [-0.15, -0.1) is 0 Å². The molecule has 0 aromatic carbocycles. The number of nitrogens with zero attached hydrogens (tertiary/aromatic N) is 3. The van der Waals surface area contributed by atoms with Crippen molar-refractivity contribution in [3.05, 3.63) is 41.9 Å². The minimum atomic E-state index is 0.654. The minimum Gasteiger partial charge on any atom is -0.370 e. The Morgan fingerprint density at radius 2 is 1.90 bits per heavy atom. The molecule has 0 radical (unpaired) electrons. The zero-order valence-corrected chi connectivity index (χ0v) is 12.1. The molecule has 5 heteroatoms. The molecule has 0 saturated heterocycles. The van der Waals surface area contributed by atoms with Crippen LogP contribution in [0.5, 0.6) is 0 Å². The second-order valence-electron chi connectivity index (χ2n) is 4.71. The van der Waals surface area contributed by atoms with Crippen LogP contribution < -0.4 is 10.6 Å². The van der Waals surface area contributed by atoms with E-state index < -0.39 is 0 Å². The standard InChI is InChI=1S/C15H21N5/c1-3-4-7-17-14-10-12(2)19-15(20-14)18-11-13-5-8-16-9-6-13/h5-6,8-10H,3-4,7,11H2,1-2H3,(H2,17,18,19,20). The van der Waals surface area contributed by atoms with E-state index in [0.717, 1.165) is 30.0 Å². The van der Waals surface area contributed by atoms with E-state index in [1.54, 1.807) is 12.4 Å². The summed E-state index contributed by atoms with van der Waals surface area (Å²) in [5, 5.41) is 6.57. The van der Waals surface area contributed by atoms with Crippen LogP contribution >= 0.6 is 0 Å². The Balaban J connectivity index is 1.97. The molecule has 2 heterocycles. The highest BCUT2D eigenvalue weighted by molar-refractivity contribution is 5.42. The largest absolute Gasteiger partial charge is 0.370 e. The lowest BCUT2D eigenvalue weighted by molar-refractivity contribution is 0.829. The average Bonchev–Trinajstić information content (AvgIpc) is 2.46. The molecule has 2 N–H and O–H groups in total. The van der Waals surface area contributed by atoms with Crippen LogP contribution in [0.4, 0.5) is 11.8 Å². The van der Waals surface area contributed by atoms with Crippen molar-refractivity contribution in [2.75, 3.05) is 17.2 Å². The van der Waals surface area contributed by atoms with Crippen molar-refractivity contribution in [1.82, 2.24) is 15.0 Å². The first-order valence-electron chi connectivity index (χ1n) is 7.00. The second-order valence-corrected chi connectivity index (χ2v) is 4.71. The Morgan fingerprint density at radius 1 is 1.10 bits per heavy atom. The second kappa shape index (κ2) is 7.43. The topological polar surface area (TPSA) is 62.7 Å². The number of rotatable bonds is 7. The van der Waals surface area contributed by atoms with Crippen molar-refractivity contribution >= 4 is 11.8 Å². The van der Waals surface area contributed by atoms with Crippen molar-refractivity contribution in [1.29, 1.82) is 0 Å². The van der Waals surface area contributed by atoms with Gasteiger partial charge in [-0.05, 0) is 31.0 Å². The Hall–Kier alpha value is -2.17. The van der Waals surface area contributed by atoms with E-state index in [1.165, 1.54) is 6.42 Å². The zero-order chi connectivity index (χ0) is 14.2. The van der Waals surface area contributed by atoms with E-state index in [-0.39, 0.29) is 0 Å². The molecule has 20 heavy (non-hydrogen) atoms. The van der Waals surface area contributed by atoms with Crippen molar-refractivity contribution in [2.24, 2.45) is 0 Å². The van der Waals surface area contributed by atoms with Gasteiger partial charge < -0.3 is 10.6 Å². The highest BCUT2D eigenvalue weighted by Crippen LogP contribution is 2.11. The highest BCUT2D eigenvalue weighted by Gasteiger charge is 2.02. The number of pyridine rings is 1. The molecule has 0 amide bonds. The maximum absolute atomic E-state index is 4.47. The normalized spacial score (nSPS) is 10.3. The molecule has 2 aromatic rings. The molecule has 0 fully saturated rings. The number of unbranched alkanes of at least 4 members (excludes halogenated alkanes) is 1. The molecule has 2 rings (SSSR count). The Labute approximate surface area is 119 Å². The number of hydrogen-bond donors (Lipinski definition) is 2. The molecular weight excluding hydrogens is 250 g/mol. The molecule has 0 aliphatic heterocycles. The molecule has 0 bridgehead atoms. The summed E-state index contributed by atoms with van der Waals surface area (Å²) in [5.74, 6) is 1.53. The van der Waals surface area contributed by atoms with Crippen LogP contribution in [0.25, 0.3) is 0 Å². The number of hydrogen-bond acceptors (Lipinski definition) is 5. The van der Waals surface area contributed by atoms with Gasteiger partial charge in [0, 0.05) is 37.2 Å². The molecule has 5 nitrogen and oxygen atoms in total. The van der Waals surface area contributed by atoms with Crippen LogP contribution in [-0.4, -0.2) is 21.5 Å². The summed E-state index contributed by atoms with van der Waals surface area (Å²) in [7, 11) is 0. The first kappa shape index (κ1) is 14.2. The Morgan fingerprint density at radius 3 is 2.65 bits per heavy atom. The molecule has 0 aliphatic rings. The van der Waals surface area contributed by atoms with Crippen molar-refractivity contribution in [3.63, 3.8) is 0 Å². The monoisotopic (exact) mass is 271 g/mol. The van der Waals surface area contributed by atoms with E-state index in [4.69, 9.17) is 0 Å². The summed E-state index contributed by atoms with van der Waals surface area (Å²) in [4.78, 5) is 12.9. The minimum absolute atomic E-state index is 0.654. The fourth-order valence-corrected chi connectivity index (χ4v) is 1.81. The average molecular weight is 271 g/mol. The first-order chi connectivity index (χ1) is 9.78. The van der Waals surface area contributed by atoms with Crippen LogP contribution in [0.15, 0.2) is 30.6 Å². The van der Waals surface area contributed by atoms with E-state index in [9.17, 15) is 0 Å². The van der Waals surface area contributed by atoms with Gasteiger partial charge in [0.15, 0.2) is 0 Å². The molecular formula is C15H21N5. The Bertz CT molecular complexity index is 527. The van der Waals surface area contributed by atoms with E-state index in [2.05, 4.69) is 32.5 Å². The molecule has 106 valence electrons. The van der Waals surface area contributed by atoms with Gasteiger partial charge in [0.05, 0.1) is 0 Å². The van der Waals surface area contributed by atoms with E-state index in [0.29, 0.717) is 12.5 Å². The van der Waals surface area contributed by atoms with Gasteiger partial charge in [0.1, 0.15) is 5.82 Å². The fraction of sp³-hybridized carbons (Fsp3) is 0.400. The van der Waals surface area contributed by atoms with Gasteiger partial charge in [-0.2, -0.15) is 4.98 Å². The maximum Gasteiger partial charge on any atom is 0.225 e. The van der Waals surface area contributed by atoms with Crippen molar-refractivity contribution in [2.45, 2.75) is 33.2 Å². The van der Waals surface area contributed by atoms with Gasteiger partial charge >= 0.3 is 0 Å². The first-order valence-corrected chi connectivity index (χ1v) is 7.00. The number of anilines is 2. The SMILES string of the molecule is CCCCNc1cc(C)nc(NCc2ccncc2)n1. The molecule has 0 aliphatic carbocycles. The summed E-state index contributed by atoms with van der Waals surface area (Å²) in [6.07, 6.45) is 5.88. The van der Waals surface area contributed by atoms with Crippen LogP contribution in [-0.2, 0) is 6.54 Å². The summed E-state index contributed by atoms with van der Waals surface area (Å²) in [5.41, 5.74) is 2.11. The van der Waals surface area contributed by atoms with Crippen LogP contribution in [0, 0.1) is 6.92 Å². The lowest BCUT2D eigenvalue weighted by atomic mass is 10.3. The molecule has 2 aromatic heterocycles. The summed E-state index contributed by atoms with van der Waals surface area (Å²) >= 11 is 0. The van der Waals surface area contributed by atoms with E-state index in [1.807, 2.05) is 25.1 Å². The maximum atomic E-state index is 4.47. The van der Waals surface area contributed by atoms with Gasteiger partial charge in [0.2, 0.25) is 5.95 Å². The molecule has 0 saturated carbocycles.